The number of hydrogen-bond acceptors (Lipinski definition) is 5. The molecule has 1 N–H and O–H groups in total. The van der Waals surface area contributed by atoms with Gasteiger partial charge in [-0.15, -0.1) is 0 Å². The number of benzene rings is 2. The third-order valence-corrected chi connectivity index (χ3v) is 6.60. The summed E-state index contributed by atoms with van der Waals surface area (Å²) in [6, 6.07) is 12.7. The standard InChI is InChI=1S/C27H33NO5/c1-4-5-19-6-7-22(26(12-19)31-3)17-32-23-10-11-25-18(2)21(9-8-20(25)13-23)14-28-15-24(16-28)33-27(29)30/h6-7,10-13,24H,4-5,8-9,14-17H2,1-3H3,(H,29,30). The maximum Gasteiger partial charge on any atom is 0.506 e. The van der Waals surface area contributed by atoms with E-state index in [1.54, 1.807) is 7.11 Å². The Morgan fingerprint density at radius 1 is 1.15 bits per heavy atom. The summed E-state index contributed by atoms with van der Waals surface area (Å²) in [5.41, 5.74) is 7.67. The van der Waals surface area contributed by atoms with E-state index in [-0.39, 0.29) is 6.10 Å². The molecule has 2 aromatic rings. The summed E-state index contributed by atoms with van der Waals surface area (Å²) in [6.07, 6.45) is 2.77. The molecular weight excluding hydrogens is 418 g/mol. The van der Waals surface area contributed by atoms with Crippen molar-refractivity contribution in [2.24, 2.45) is 0 Å². The Labute approximate surface area is 195 Å². The zero-order chi connectivity index (χ0) is 23.4. The zero-order valence-corrected chi connectivity index (χ0v) is 19.7. The predicted molar refractivity (Wildman–Crippen MR) is 128 cm³/mol. The molecule has 0 amide bonds. The average molecular weight is 452 g/mol. The second-order valence-corrected chi connectivity index (χ2v) is 8.93. The third-order valence-electron chi connectivity index (χ3n) is 6.60. The summed E-state index contributed by atoms with van der Waals surface area (Å²) < 4.78 is 16.5. The summed E-state index contributed by atoms with van der Waals surface area (Å²) in [6.45, 7) is 7.05. The summed E-state index contributed by atoms with van der Waals surface area (Å²) in [7, 11) is 1.71. The highest BCUT2D eigenvalue weighted by atomic mass is 16.7. The molecule has 0 bridgehead atoms. The first-order chi connectivity index (χ1) is 16.0. The summed E-state index contributed by atoms with van der Waals surface area (Å²) in [4.78, 5) is 12.9. The lowest BCUT2D eigenvalue weighted by molar-refractivity contribution is -0.0292. The molecule has 6 nitrogen and oxygen atoms in total. The fourth-order valence-electron chi connectivity index (χ4n) is 4.75. The van der Waals surface area contributed by atoms with Crippen molar-refractivity contribution in [1.29, 1.82) is 0 Å². The average Bonchev–Trinajstić information content (AvgIpc) is 2.78. The van der Waals surface area contributed by atoms with Gasteiger partial charge in [-0.2, -0.15) is 0 Å². The summed E-state index contributed by atoms with van der Waals surface area (Å²) in [5.74, 6) is 1.76. The number of aryl methyl sites for hydroxylation is 2. The molecular formula is C27H33NO5. The van der Waals surface area contributed by atoms with Gasteiger partial charge in [-0.05, 0) is 66.6 Å². The second-order valence-electron chi connectivity index (χ2n) is 8.93. The van der Waals surface area contributed by atoms with Crippen molar-refractivity contribution >= 4 is 11.7 Å². The Morgan fingerprint density at radius 2 is 1.97 bits per heavy atom. The van der Waals surface area contributed by atoms with Crippen molar-refractivity contribution in [3.05, 3.63) is 64.2 Å². The predicted octanol–water partition coefficient (Wildman–Crippen LogP) is 5.33. The number of carbonyl (C=O) groups is 1. The molecule has 1 aliphatic heterocycles. The molecule has 1 aliphatic carbocycles. The van der Waals surface area contributed by atoms with Crippen LogP contribution in [0.15, 0.2) is 42.0 Å². The van der Waals surface area contributed by atoms with E-state index in [1.807, 2.05) is 6.07 Å². The SMILES string of the molecule is CCCc1ccc(COc2ccc3c(c2)CCC(CN2CC(OC(=O)O)C2)=C3C)c(OC)c1. The van der Waals surface area contributed by atoms with Gasteiger partial charge < -0.3 is 19.3 Å². The van der Waals surface area contributed by atoms with Gasteiger partial charge in [0.15, 0.2) is 0 Å². The molecule has 2 aliphatic rings. The van der Waals surface area contributed by atoms with E-state index in [4.69, 9.17) is 19.3 Å². The molecule has 33 heavy (non-hydrogen) atoms. The van der Waals surface area contributed by atoms with Crippen LogP contribution in [0.2, 0.25) is 0 Å². The monoisotopic (exact) mass is 451 g/mol. The number of carboxylic acid groups (broad SMARTS) is 1. The van der Waals surface area contributed by atoms with Gasteiger partial charge in [0.05, 0.1) is 7.11 Å². The number of allylic oxidation sites excluding steroid dienone is 1. The van der Waals surface area contributed by atoms with E-state index in [0.717, 1.165) is 49.3 Å². The van der Waals surface area contributed by atoms with E-state index in [1.165, 1.54) is 27.8 Å². The van der Waals surface area contributed by atoms with Crippen LogP contribution < -0.4 is 9.47 Å². The lowest BCUT2D eigenvalue weighted by atomic mass is 9.85. The molecule has 1 fully saturated rings. The Balaban J connectivity index is 1.38. The van der Waals surface area contributed by atoms with Crippen molar-refractivity contribution in [2.45, 2.75) is 52.2 Å². The number of hydrogen-bond donors (Lipinski definition) is 1. The third kappa shape index (κ3) is 5.50. The van der Waals surface area contributed by atoms with Crippen LogP contribution in [0.25, 0.3) is 5.57 Å². The number of fused-ring (bicyclic) bond motifs is 1. The van der Waals surface area contributed by atoms with E-state index >= 15 is 0 Å². The first-order valence-corrected chi connectivity index (χ1v) is 11.7. The topological polar surface area (TPSA) is 68.2 Å². The normalized spacial score (nSPS) is 16.2. The van der Waals surface area contributed by atoms with Gasteiger partial charge >= 0.3 is 6.16 Å². The number of nitrogens with zero attached hydrogens (tertiary/aromatic N) is 1. The molecule has 1 heterocycles. The first kappa shape index (κ1) is 23.2. The highest BCUT2D eigenvalue weighted by Gasteiger charge is 2.31. The maximum atomic E-state index is 10.6. The van der Waals surface area contributed by atoms with Crippen LogP contribution in [0, 0.1) is 0 Å². The lowest BCUT2D eigenvalue weighted by Gasteiger charge is -2.39. The molecule has 0 saturated carbocycles. The smallest absolute Gasteiger partial charge is 0.496 e. The summed E-state index contributed by atoms with van der Waals surface area (Å²) >= 11 is 0. The Kier molecular flexibility index (Phi) is 7.23. The number of ether oxygens (including phenoxy) is 3. The van der Waals surface area contributed by atoms with Gasteiger partial charge in [0.25, 0.3) is 0 Å². The minimum absolute atomic E-state index is 0.194. The highest BCUT2D eigenvalue weighted by molar-refractivity contribution is 5.72. The van der Waals surface area contributed by atoms with Crippen molar-refractivity contribution in [1.82, 2.24) is 4.90 Å². The number of methoxy groups -OCH3 is 1. The molecule has 1 saturated heterocycles. The van der Waals surface area contributed by atoms with Crippen LogP contribution in [-0.4, -0.2) is 49.0 Å². The van der Waals surface area contributed by atoms with Gasteiger partial charge in [-0.3, -0.25) is 4.90 Å². The van der Waals surface area contributed by atoms with E-state index in [9.17, 15) is 4.79 Å². The van der Waals surface area contributed by atoms with E-state index < -0.39 is 6.16 Å². The van der Waals surface area contributed by atoms with Crippen molar-refractivity contribution in [3.8, 4) is 11.5 Å². The van der Waals surface area contributed by atoms with Crippen LogP contribution in [0.4, 0.5) is 4.79 Å². The Hall–Kier alpha value is -2.99. The van der Waals surface area contributed by atoms with Gasteiger partial charge in [0.1, 0.15) is 24.2 Å². The van der Waals surface area contributed by atoms with Gasteiger partial charge in [-0.25, -0.2) is 4.79 Å². The van der Waals surface area contributed by atoms with Gasteiger partial charge in [0.2, 0.25) is 0 Å². The quantitative estimate of drug-likeness (QED) is 0.520. The van der Waals surface area contributed by atoms with Crippen LogP contribution >= 0.6 is 0 Å². The minimum atomic E-state index is -1.19. The van der Waals surface area contributed by atoms with E-state index in [2.05, 4.69) is 49.1 Å². The van der Waals surface area contributed by atoms with Crippen molar-refractivity contribution < 1.29 is 24.1 Å². The molecule has 0 spiro atoms. The van der Waals surface area contributed by atoms with Crippen LogP contribution in [0.5, 0.6) is 11.5 Å². The van der Waals surface area contributed by atoms with Crippen LogP contribution in [-0.2, 0) is 24.2 Å². The maximum absolute atomic E-state index is 10.6. The largest absolute Gasteiger partial charge is 0.506 e. The van der Waals surface area contributed by atoms with Crippen molar-refractivity contribution in [3.63, 3.8) is 0 Å². The minimum Gasteiger partial charge on any atom is -0.496 e. The molecule has 176 valence electrons. The molecule has 6 heteroatoms. The lowest BCUT2D eigenvalue weighted by Crippen LogP contribution is -2.53. The van der Waals surface area contributed by atoms with E-state index in [0.29, 0.717) is 19.7 Å². The van der Waals surface area contributed by atoms with Gasteiger partial charge in [-0.1, -0.05) is 37.1 Å². The molecule has 0 unspecified atom stereocenters. The molecule has 4 rings (SSSR count). The number of rotatable bonds is 9. The summed E-state index contributed by atoms with van der Waals surface area (Å²) in [5, 5.41) is 8.72. The van der Waals surface area contributed by atoms with Gasteiger partial charge in [0, 0.05) is 25.2 Å². The van der Waals surface area contributed by atoms with Crippen molar-refractivity contribution in [2.75, 3.05) is 26.7 Å². The van der Waals surface area contributed by atoms with Crippen LogP contribution in [0.1, 0.15) is 48.9 Å². The molecule has 0 aromatic heterocycles. The first-order valence-electron chi connectivity index (χ1n) is 11.7. The fourth-order valence-corrected chi connectivity index (χ4v) is 4.75. The highest BCUT2D eigenvalue weighted by Crippen LogP contribution is 2.34. The number of likely N-dealkylation sites (tertiary alicyclic amines) is 1. The molecule has 0 radical (unpaired) electrons. The zero-order valence-electron chi connectivity index (χ0n) is 19.7. The Bertz CT molecular complexity index is 1040. The molecule has 2 aromatic carbocycles. The second kappa shape index (κ2) is 10.3. The fraction of sp³-hybridized carbons (Fsp3) is 0.444. The van der Waals surface area contributed by atoms with Crippen LogP contribution in [0.3, 0.4) is 0 Å². The Morgan fingerprint density at radius 3 is 2.70 bits per heavy atom. The molecule has 0 atom stereocenters.